The van der Waals surface area contributed by atoms with Gasteiger partial charge in [0.15, 0.2) is 0 Å². The van der Waals surface area contributed by atoms with Crippen LogP contribution in [0.1, 0.15) is 29.0 Å². The first kappa shape index (κ1) is 23.5. The molecule has 0 saturated carbocycles. The molecule has 2 aromatic rings. The number of aliphatic carboxylic acids is 2. The fourth-order valence-electron chi connectivity index (χ4n) is 4.14. The van der Waals surface area contributed by atoms with Crippen molar-refractivity contribution in [2.24, 2.45) is 0 Å². The van der Waals surface area contributed by atoms with Gasteiger partial charge in [-0.25, -0.2) is 9.59 Å². The van der Waals surface area contributed by atoms with Crippen molar-refractivity contribution in [3.63, 3.8) is 0 Å². The average molecular weight is 439 g/mol. The Morgan fingerprint density at radius 2 is 1.62 bits per heavy atom. The minimum atomic E-state index is -1.26. The average Bonchev–Trinajstić information content (AvgIpc) is 2.97. The number of benzene rings is 2. The minimum absolute atomic E-state index is 0.505. The molecule has 0 aliphatic carbocycles. The van der Waals surface area contributed by atoms with E-state index in [1.165, 1.54) is 28.8 Å². The number of rotatable bonds is 4. The van der Waals surface area contributed by atoms with E-state index in [0.717, 1.165) is 39.4 Å². The molecule has 2 N–H and O–H groups in total. The quantitative estimate of drug-likeness (QED) is 0.709. The molecule has 4 rings (SSSR count). The van der Waals surface area contributed by atoms with E-state index in [-0.39, 0.29) is 0 Å². The normalized spacial score (nSPS) is 18.9. The van der Waals surface area contributed by atoms with E-state index in [9.17, 15) is 9.59 Å². The fraction of sp³-hybridized carbons (Fsp3) is 0.360. The van der Waals surface area contributed by atoms with Crippen molar-refractivity contribution in [2.45, 2.75) is 18.9 Å². The Morgan fingerprint density at radius 3 is 2.25 bits per heavy atom. The molecule has 0 amide bonds. The van der Waals surface area contributed by atoms with E-state index in [1.807, 2.05) is 0 Å². The van der Waals surface area contributed by atoms with Crippen LogP contribution in [0.25, 0.3) is 0 Å². The van der Waals surface area contributed by atoms with Crippen LogP contribution in [0.3, 0.4) is 0 Å². The van der Waals surface area contributed by atoms with E-state index < -0.39 is 11.9 Å². The van der Waals surface area contributed by atoms with Crippen LogP contribution in [0, 0.1) is 0 Å². The van der Waals surface area contributed by atoms with Crippen LogP contribution < -0.4 is 4.90 Å². The fourth-order valence-corrected chi connectivity index (χ4v) is 4.14. The third-order valence-electron chi connectivity index (χ3n) is 5.69. The third kappa shape index (κ3) is 6.67. The van der Waals surface area contributed by atoms with Gasteiger partial charge < -0.3 is 24.7 Å². The number of ether oxygens (including phenoxy) is 1. The summed E-state index contributed by atoms with van der Waals surface area (Å²) in [6, 6.07) is 18.1. The molecule has 2 aliphatic heterocycles. The molecule has 32 heavy (non-hydrogen) atoms. The van der Waals surface area contributed by atoms with E-state index >= 15 is 0 Å². The molecule has 1 saturated heterocycles. The van der Waals surface area contributed by atoms with Crippen molar-refractivity contribution in [1.82, 2.24) is 4.90 Å². The first-order valence-electron chi connectivity index (χ1n) is 10.8. The molecule has 2 aromatic carbocycles. The second kappa shape index (κ2) is 11.5. The number of carboxylic acid groups (broad SMARTS) is 2. The summed E-state index contributed by atoms with van der Waals surface area (Å²) >= 11 is 0. The highest BCUT2D eigenvalue weighted by Gasteiger charge is 2.23. The van der Waals surface area contributed by atoms with Crippen molar-refractivity contribution in [2.75, 3.05) is 44.8 Å². The van der Waals surface area contributed by atoms with Gasteiger partial charge in [-0.05, 0) is 48.8 Å². The largest absolute Gasteiger partial charge is 0.478 e. The zero-order valence-electron chi connectivity index (χ0n) is 18.3. The molecular weight excluding hydrogens is 408 g/mol. The predicted octanol–water partition coefficient (Wildman–Crippen LogP) is 3.20. The van der Waals surface area contributed by atoms with Crippen molar-refractivity contribution in [1.29, 1.82) is 0 Å². The maximum absolute atomic E-state index is 9.55. The molecule has 0 bridgehead atoms. The van der Waals surface area contributed by atoms with Gasteiger partial charge in [0, 0.05) is 43.4 Å². The van der Waals surface area contributed by atoms with Crippen LogP contribution in [-0.2, 0) is 20.9 Å². The van der Waals surface area contributed by atoms with Gasteiger partial charge in [-0.3, -0.25) is 0 Å². The van der Waals surface area contributed by atoms with Crippen LogP contribution in [0.2, 0.25) is 0 Å². The number of nitrogens with zero attached hydrogens (tertiary/aromatic N) is 2. The molecule has 1 fully saturated rings. The number of hydrogen-bond acceptors (Lipinski definition) is 5. The van der Waals surface area contributed by atoms with Crippen LogP contribution >= 0.6 is 0 Å². The van der Waals surface area contributed by atoms with Crippen LogP contribution in [0.4, 0.5) is 5.69 Å². The molecule has 170 valence electrons. The lowest BCUT2D eigenvalue weighted by atomic mass is 9.86. The summed E-state index contributed by atoms with van der Waals surface area (Å²) in [5.74, 6) is -2.01. The Labute approximate surface area is 188 Å². The van der Waals surface area contributed by atoms with Crippen molar-refractivity contribution < 1.29 is 24.5 Å². The number of carbonyl (C=O) groups is 2. The lowest BCUT2D eigenvalue weighted by Crippen LogP contribution is -2.36. The van der Waals surface area contributed by atoms with Crippen molar-refractivity contribution in [3.8, 4) is 0 Å². The molecule has 1 atom stereocenters. The molecule has 1 unspecified atom stereocenters. The summed E-state index contributed by atoms with van der Waals surface area (Å²) in [5.41, 5.74) is 5.77. The maximum atomic E-state index is 9.55. The van der Waals surface area contributed by atoms with Crippen LogP contribution in [0.15, 0.2) is 60.7 Å². The first-order chi connectivity index (χ1) is 15.4. The van der Waals surface area contributed by atoms with Crippen LogP contribution in [-0.4, -0.2) is 66.9 Å². The smallest absolute Gasteiger partial charge is 0.328 e. The summed E-state index contributed by atoms with van der Waals surface area (Å²) in [6.07, 6.45) is 2.30. The van der Waals surface area contributed by atoms with Crippen LogP contribution in [0.5, 0.6) is 0 Å². The number of carboxylic acids is 2. The predicted molar refractivity (Wildman–Crippen MR) is 123 cm³/mol. The lowest BCUT2D eigenvalue weighted by Gasteiger charge is -2.30. The summed E-state index contributed by atoms with van der Waals surface area (Å²) in [4.78, 5) is 24.0. The second-order valence-electron chi connectivity index (χ2n) is 7.98. The highest BCUT2D eigenvalue weighted by Crippen LogP contribution is 2.35. The van der Waals surface area contributed by atoms with Gasteiger partial charge in [-0.2, -0.15) is 0 Å². The Morgan fingerprint density at radius 1 is 0.969 bits per heavy atom. The molecule has 0 spiro atoms. The first-order valence-corrected chi connectivity index (χ1v) is 10.8. The third-order valence-corrected chi connectivity index (χ3v) is 5.69. The highest BCUT2D eigenvalue weighted by atomic mass is 16.5. The zero-order valence-corrected chi connectivity index (χ0v) is 18.3. The second-order valence-corrected chi connectivity index (χ2v) is 7.98. The SMILES string of the molecule is CN1CCC(c2ccccc2)c2ccc(N3CCOCC3)cc2C1.O=C(O)/C=C\C(=O)O. The van der Waals surface area contributed by atoms with Crippen molar-refractivity contribution >= 4 is 17.6 Å². The number of fused-ring (bicyclic) bond motifs is 1. The van der Waals surface area contributed by atoms with Gasteiger partial charge in [-0.15, -0.1) is 0 Å². The molecule has 0 aromatic heterocycles. The summed E-state index contributed by atoms with van der Waals surface area (Å²) in [5, 5.41) is 15.6. The van der Waals surface area contributed by atoms with Gasteiger partial charge in [0.05, 0.1) is 13.2 Å². The zero-order chi connectivity index (χ0) is 22.9. The Bertz CT molecular complexity index is 923. The van der Waals surface area contributed by atoms with E-state index in [0.29, 0.717) is 18.1 Å². The van der Waals surface area contributed by atoms with E-state index in [4.69, 9.17) is 14.9 Å². The lowest BCUT2D eigenvalue weighted by molar-refractivity contribution is -0.134. The standard InChI is InChI=1S/C21H26N2O.C4H4O4/c1-22-10-9-21(17-5-3-2-4-6-17)20-8-7-19(15-18(20)16-22)23-11-13-24-14-12-23;5-3(6)1-2-4(7)8/h2-8,15,21H,9-14,16H2,1H3;1-2H,(H,5,6)(H,7,8)/b;2-1-. The molecule has 2 aliphatic rings. The van der Waals surface area contributed by atoms with Gasteiger partial charge in [0.1, 0.15) is 0 Å². The summed E-state index contributed by atoms with van der Waals surface area (Å²) in [6.45, 7) is 5.85. The molecule has 7 nitrogen and oxygen atoms in total. The van der Waals surface area contributed by atoms with Gasteiger partial charge in [-0.1, -0.05) is 36.4 Å². The summed E-state index contributed by atoms with van der Waals surface area (Å²) in [7, 11) is 2.23. The van der Waals surface area contributed by atoms with Gasteiger partial charge >= 0.3 is 11.9 Å². The topological polar surface area (TPSA) is 90.3 Å². The summed E-state index contributed by atoms with van der Waals surface area (Å²) < 4.78 is 5.50. The number of hydrogen-bond donors (Lipinski definition) is 2. The van der Waals surface area contributed by atoms with E-state index in [1.54, 1.807) is 0 Å². The Balaban J connectivity index is 0.000000312. The minimum Gasteiger partial charge on any atom is -0.478 e. The molecule has 0 radical (unpaired) electrons. The van der Waals surface area contributed by atoms with Gasteiger partial charge in [0.25, 0.3) is 0 Å². The van der Waals surface area contributed by atoms with Gasteiger partial charge in [0.2, 0.25) is 0 Å². The molecule has 7 heteroatoms. The van der Waals surface area contributed by atoms with E-state index in [2.05, 4.69) is 65.4 Å². The number of morpholine rings is 1. The Hall–Kier alpha value is -3.16. The Kier molecular flexibility index (Phi) is 8.41. The number of anilines is 1. The molecular formula is C25H30N2O5. The monoisotopic (exact) mass is 438 g/mol. The van der Waals surface area contributed by atoms with Crippen molar-refractivity contribution in [3.05, 3.63) is 77.4 Å². The highest BCUT2D eigenvalue weighted by molar-refractivity contribution is 5.89. The molecule has 2 heterocycles. The maximum Gasteiger partial charge on any atom is 0.328 e.